The summed E-state index contributed by atoms with van der Waals surface area (Å²) < 4.78 is 5.24. The number of benzene rings is 1. The molecule has 0 spiro atoms. The van der Waals surface area contributed by atoms with E-state index in [1.165, 1.54) is 0 Å². The predicted molar refractivity (Wildman–Crippen MR) is 74.4 cm³/mol. The zero-order valence-corrected chi connectivity index (χ0v) is 12.0. The van der Waals surface area contributed by atoms with Gasteiger partial charge in [0.15, 0.2) is 5.78 Å². The summed E-state index contributed by atoms with van der Waals surface area (Å²) in [6, 6.07) is 3.74. The van der Waals surface area contributed by atoms with Crippen LogP contribution in [-0.4, -0.2) is 23.9 Å². The third-order valence-corrected chi connectivity index (χ3v) is 3.90. The first-order chi connectivity index (χ1) is 7.97. The molecule has 3 heteroatoms. The molecule has 0 amide bonds. The van der Waals surface area contributed by atoms with Crippen molar-refractivity contribution in [2.45, 2.75) is 32.9 Å². The molecule has 1 aromatic carbocycles. The molecule has 0 bridgehead atoms. The van der Waals surface area contributed by atoms with Crippen LogP contribution < -0.4 is 4.74 Å². The van der Waals surface area contributed by atoms with Gasteiger partial charge in [0.2, 0.25) is 0 Å². The minimum Gasteiger partial charge on any atom is -0.496 e. The Morgan fingerprint density at radius 2 is 1.94 bits per heavy atom. The molecule has 0 N–H and O–H groups in total. The van der Waals surface area contributed by atoms with Gasteiger partial charge < -0.3 is 4.74 Å². The Morgan fingerprint density at radius 1 is 1.29 bits per heavy atom. The van der Waals surface area contributed by atoms with Crippen molar-refractivity contribution in [3.8, 4) is 5.75 Å². The van der Waals surface area contributed by atoms with Crippen molar-refractivity contribution in [3.05, 3.63) is 28.8 Å². The molecule has 2 nitrogen and oxygen atoms in total. The molecule has 94 valence electrons. The minimum atomic E-state index is 0.201. The molecule has 17 heavy (non-hydrogen) atoms. The second-order valence-electron chi connectivity index (χ2n) is 4.35. The highest BCUT2D eigenvalue weighted by atomic mass is 32.2. The van der Waals surface area contributed by atoms with Crippen LogP contribution in [0.25, 0.3) is 0 Å². The molecule has 0 saturated carbocycles. The maximum Gasteiger partial charge on any atom is 0.173 e. The molecule has 0 atom stereocenters. The lowest BCUT2D eigenvalue weighted by atomic mass is 10.00. The lowest BCUT2D eigenvalue weighted by Crippen LogP contribution is -2.08. The summed E-state index contributed by atoms with van der Waals surface area (Å²) in [5.74, 6) is 1.59. The topological polar surface area (TPSA) is 26.3 Å². The zero-order chi connectivity index (χ0) is 13.0. The summed E-state index contributed by atoms with van der Waals surface area (Å²) in [5, 5.41) is 0.485. The summed E-state index contributed by atoms with van der Waals surface area (Å²) >= 11 is 1.68. The van der Waals surface area contributed by atoms with E-state index in [1.54, 1.807) is 18.9 Å². The van der Waals surface area contributed by atoms with E-state index in [4.69, 9.17) is 4.74 Å². The van der Waals surface area contributed by atoms with Crippen LogP contribution in [0.3, 0.4) is 0 Å². The molecule has 0 aliphatic rings. The number of hydrogen-bond acceptors (Lipinski definition) is 3. The number of ketones is 1. The van der Waals surface area contributed by atoms with Gasteiger partial charge in [-0.2, -0.15) is 11.8 Å². The van der Waals surface area contributed by atoms with Crippen molar-refractivity contribution in [2.75, 3.05) is 12.9 Å². The highest BCUT2D eigenvalue weighted by molar-refractivity contribution is 8.00. The standard InChI is InChI=1S/C14H20O2S/c1-9(2)17-8-13(15)12-6-7-14(16-5)11(4)10(12)3/h6-7,9H,8H2,1-5H3. The van der Waals surface area contributed by atoms with Gasteiger partial charge in [-0.15, -0.1) is 0 Å². The Bertz CT molecular complexity index is 411. The Morgan fingerprint density at radius 3 is 2.47 bits per heavy atom. The maximum absolute atomic E-state index is 12.1. The quantitative estimate of drug-likeness (QED) is 0.748. The van der Waals surface area contributed by atoms with Crippen LogP contribution in [-0.2, 0) is 0 Å². The number of carbonyl (C=O) groups is 1. The van der Waals surface area contributed by atoms with Gasteiger partial charge in [-0.25, -0.2) is 0 Å². The van der Waals surface area contributed by atoms with Gasteiger partial charge in [-0.05, 0) is 42.4 Å². The van der Waals surface area contributed by atoms with Crippen molar-refractivity contribution in [2.24, 2.45) is 0 Å². The van der Waals surface area contributed by atoms with E-state index >= 15 is 0 Å². The average molecular weight is 252 g/mol. The fourth-order valence-corrected chi connectivity index (χ4v) is 2.28. The van der Waals surface area contributed by atoms with E-state index in [1.807, 2.05) is 26.0 Å². The highest BCUT2D eigenvalue weighted by Gasteiger charge is 2.13. The molecule has 0 fully saturated rings. The van der Waals surface area contributed by atoms with E-state index in [0.717, 1.165) is 22.4 Å². The molecule has 0 heterocycles. The number of Topliss-reactive ketones (excluding diaryl/α,β-unsaturated/α-hetero) is 1. The Labute approximate surface area is 108 Å². The fraction of sp³-hybridized carbons (Fsp3) is 0.500. The number of carbonyl (C=O) groups excluding carboxylic acids is 1. The summed E-state index contributed by atoms with van der Waals surface area (Å²) in [6.45, 7) is 8.17. The molecule has 0 aromatic heterocycles. The van der Waals surface area contributed by atoms with Gasteiger partial charge in [0.05, 0.1) is 12.9 Å². The molecule has 0 saturated heterocycles. The fourth-order valence-electron chi connectivity index (χ4n) is 1.64. The Kier molecular flexibility index (Phi) is 5.06. The minimum absolute atomic E-state index is 0.201. The average Bonchev–Trinajstić information content (AvgIpc) is 2.29. The molecule has 0 aliphatic carbocycles. The summed E-state index contributed by atoms with van der Waals surface area (Å²) in [7, 11) is 1.65. The Hall–Kier alpha value is -0.960. The second kappa shape index (κ2) is 6.10. The smallest absolute Gasteiger partial charge is 0.173 e. The van der Waals surface area contributed by atoms with Crippen molar-refractivity contribution in [3.63, 3.8) is 0 Å². The van der Waals surface area contributed by atoms with Crippen molar-refractivity contribution in [1.29, 1.82) is 0 Å². The SMILES string of the molecule is COc1ccc(C(=O)CSC(C)C)c(C)c1C. The van der Waals surface area contributed by atoms with Gasteiger partial charge >= 0.3 is 0 Å². The van der Waals surface area contributed by atoms with Gasteiger partial charge in [-0.3, -0.25) is 4.79 Å². The molecule has 0 unspecified atom stereocenters. The first kappa shape index (κ1) is 14.1. The van der Waals surface area contributed by atoms with Gasteiger partial charge in [0.25, 0.3) is 0 Å². The number of hydrogen-bond donors (Lipinski definition) is 0. The van der Waals surface area contributed by atoms with Crippen molar-refractivity contribution >= 4 is 17.5 Å². The molecule has 1 rings (SSSR count). The lowest BCUT2D eigenvalue weighted by molar-refractivity contribution is 0.102. The van der Waals surface area contributed by atoms with Crippen molar-refractivity contribution in [1.82, 2.24) is 0 Å². The van der Waals surface area contributed by atoms with Crippen LogP contribution in [0.2, 0.25) is 0 Å². The second-order valence-corrected chi connectivity index (χ2v) is 5.91. The molecule has 0 radical (unpaired) electrons. The van der Waals surface area contributed by atoms with Crippen LogP contribution >= 0.6 is 11.8 Å². The van der Waals surface area contributed by atoms with E-state index < -0.39 is 0 Å². The summed E-state index contributed by atoms with van der Waals surface area (Å²) in [5.41, 5.74) is 2.89. The van der Waals surface area contributed by atoms with Crippen LogP contribution in [0.4, 0.5) is 0 Å². The number of rotatable bonds is 5. The van der Waals surface area contributed by atoms with Crippen LogP contribution in [0.1, 0.15) is 35.3 Å². The zero-order valence-electron chi connectivity index (χ0n) is 11.2. The maximum atomic E-state index is 12.1. The van der Waals surface area contributed by atoms with E-state index in [2.05, 4.69) is 13.8 Å². The first-order valence-electron chi connectivity index (χ1n) is 5.76. The van der Waals surface area contributed by atoms with Crippen LogP contribution in [0, 0.1) is 13.8 Å². The Balaban J connectivity index is 2.92. The molecule has 1 aromatic rings. The monoisotopic (exact) mass is 252 g/mol. The van der Waals surface area contributed by atoms with Gasteiger partial charge in [0.1, 0.15) is 5.75 Å². The molecule has 0 aliphatic heterocycles. The van der Waals surface area contributed by atoms with Gasteiger partial charge in [-0.1, -0.05) is 13.8 Å². The third kappa shape index (κ3) is 3.50. The van der Waals surface area contributed by atoms with E-state index in [0.29, 0.717) is 11.0 Å². The molecular weight excluding hydrogens is 232 g/mol. The van der Waals surface area contributed by atoms with Crippen LogP contribution in [0.5, 0.6) is 5.75 Å². The highest BCUT2D eigenvalue weighted by Crippen LogP contribution is 2.25. The normalized spacial score (nSPS) is 10.7. The van der Waals surface area contributed by atoms with E-state index in [-0.39, 0.29) is 5.78 Å². The number of methoxy groups -OCH3 is 1. The van der Waals surface area contributed by atoms with Gasteiger partial charge in [0, 0.05) is 5.56 Å². The predicted octanol–water partition coefficient (Wildman–Crippen LogP) is 3.64. The number of thioether (sulfide) groups is 1. The van der Waals surface area contributed by atoms with E-state index in [9.17, 15) is 4.79 Å². The largest absolute Gasteiger partial charge is 0.496 e. The number of ether oxygens (including phenoxy) is 1. The lowest BCUT2D eigenvalue weighted by Gasteiger charge is -2.12. The summed E-state index contributed by atoms with van der Waals surface area (Å²) in [6.07, 6.45) is 0. The third-order valence-electron chi connectivity index (χ3n) is 2.81. The first-order valence-corrected chi connectivity index (χ1v) is 6.81. The molecular formula is C14H20O2S. The van der Waals surface area contributed by atoms with Crippen molar-refractivity contribution < 1.29 is 9.53 Å². The summed E-state index contributed by atoms with van der Waals surface area (Å²) in [4.78, 5) is 12.1. The van der Waals surface area contributed by atoms with Crippen LogP contribution in [0.15, 0.2) is 12.1 Å².